The molecule has 28 heavy (non-hydrogen) atoms. The van der Waals surface area contributed by atoms with Gasteiger partial charge in [0.25, 0.3) is 5.91 Å². The highest BCUT2D eigenvalue weighted by molar-refractivity contribution is 6.08. The van der Waals surface area contributed by atoms with Gasteiger partial charge in [0.05, 0.1) is 28.0 Å². The Hall–Kier alpha value is -3.49. The molecule has 3 rings (SSSR count). The molecule has 0 saturated carbocycles. The van der Waals surface area contributed by atoms with E-state index >= 15 is 0 Å². The Morgan fingerprint density at radius 2 is 1.61 bits per heavy atom. The minimum Gasteiger partial charge on any atom is -0.308 e. The lowest BCUT2D eigenvalue weighted by Crippen LogP contribution is -2.34. The van der Waals surface area contributed by atoms with Gasteiger partial charge < -0.3 is 5.32 Å². The number of aryl methyl sites for hydroxylation is 2. The van der Waals surface area contributed by atoms with Crippen molar-refractivity contribution in [1.29, 1.82) is 0 Å². The number of hydrogen-bond donors (Lipinski definition) is 2. The first-order chi connectivity index (χ1) is 13.1. The number of urea groups is 1. The van der Waals surface area contributed by atoms with Crippen LogP contribution in [0.3, 0.4) is 0 Å². The first kappa shape index (κ1) is 19.3. The van der Waals surface area contributed by atoms with Crippen molar-refractivity contribution in [2.75, 3.05) is 5.32 Å². The molecule has 2 N–H and O–H groups in total. The summed E-state index contributed by atoms with van der Waals surface area (Å²) in [6.45, 7) is 3.61. The molecule has 0 aliphatic rings. The van der Waals surface area contributed by atoms with Crippen LogP contribution in [0.4, 0.5) is 23.7 Å². The van der Waals surface area contributed by atoms with Crippen molar-refractivity contribution in [2.45, 2.75) is 20.0 Å². The predicted octanol–water partition coefficient (Wildman–Crippen LogP) is 4.23. The van der Waals surface area contributed by atoms with E-state index in [1.807, 2.05) is 6.92 Å². The number of carbonyl (C=O) groups is 2. The third-order valence-corrected chi connectivity index (χ3v) is 4.01. The molecule has 0 aliphatic heterocycles. The molecule has 9 heteroatoms. The van der Waals surface area contributed by atoms with Gasteiger partial charge in [0, 0.05) is 11.3 Å². The molecule has 0 radical (unpaired) electrons. The lowest BCUT2D eigenvalue weighted by atomic mass is 10.1. The minimum absolute atomic E-state index is 0.0874. The highest BCUT2D eigenvalue weighted by Gasteiger charge is 2.30. The first-order valence-electron chi connectivity index (χ1n) is 8.18. The van der Waals surface area contributed by atoms with E-state index in [-0.39, 0.29) is 11.3 Å². The van der Waals surface area contributed by atoms with E-state index in [2.05, 4.69) is 20.6 Å². The van der Waals surface area contributed by atoms with Crippen LogP contribution in [-0.4, -0.2) is 21.9 Å². The van der Waals surface area contributed by atoms with Crippen LogP contribution < -0.4 is 10.6 Å². The van der Waals surface area contributed by atoms with E-state index in [9.17, 15) is 22.8 Å². The second kappa shape index (κ2) is 7.26. The number of rotatable bonds is 2. The van der Waals surface area contributed by atoms with Crippen LogP contribution in [-0.2, 0) is 6.18 Å². The maximum absolute atomic E-state index is 12.7. The summed E-state index contributed by atoms with van der Waals surface area (Å²) >= 11 is 0. The lowest BCUT2D eigenvalue weighted by molar-refractivity contribution is -0.137. The molecular weight excluding hydrogens is 373 g/mol. The molecule has 0 atom stereocenters. The molecule has 0 aliphatic carbocycles. The Kier molecular flexibility index (Phi) is 5.00. The number of hydrogen-bond acceptors (Lipinski definition) is 4. The number of benzene rings is 2. The third kappa shape index (κ3) is 4.25. The van der Waals surface area contributed by atoms with Gasteiger partial charge in [-0.25, -0.2) is 14.8 Å². The van der Waals surface area contributed by atoms with Gasteiger partial charge in [-0.05, 0) is 50.2 Å². The largest absolute Gasteiger partial charge is 0.416 e. The molecule has 3 aromatic rings. The Bertz CT molecular complexity index is 1080. The minimum atomic E-state index is -4.54. The second-order valence-corrected chi connectivity index (χ2v) is 6.08. The molecule has 0 bridgehead atoms. The standard InChI is InChI=1S/C19H15F3N4O2/c1-10-11(2)24-16-8-12(6-7-15(16)23-10)17(27)26-18(28)25-14-5-3-4-13(9-14)19(20,21)22/h3-9H,1-2H3,(H2,25,26,27,28). The van der Waals surface area contributed by atoms with Crippen LogP contribution >= 0.6 is 0 Å². The zero-order valence-corrected chi connectivity index (χ0v) is 14.9. The van der Waals surface area contributed by atoms with E-state index < -0.39 is 23.7 Å². The molecule has 3 amide bonds. The average Bonchev–Trinajstić information content (AvgIpc) is 2.61. The summed E-state index contributed by atoms with van der Waals surface area (Å²) in [6.07, 6.45) is -4.54. The molecule has 0 spiro atoms. The maximum atomic E-state index is 12.7. The number of imide groups is 1. The van der Waals surface area contributed by atoms with Crippen molar-refractivity contribution in [1.82, 2.24) is 15.3 Å². The van der Waals surface area contributed by atoms with Crippen LogP contribution in [0.1, 0.15) is 27.3 Å². The van der Waals surface area contributed by atoms with E-state index in [0.717, 1.165) is 23.9 Å². The van der Waals surface area contributed by atoms with E-state index in [1.54, 1.807) is 13.0 Å². The Morgan fingerprint density at radius 3 is 2.29 bits per heavy atom. The number of nitrogens with one attached hydrogen (secondary N) is 2. The Labute approximate surface area is 157 Å². The highest BCUT2D eigenvalue weighted by Crippen LogP contribution is 2.30. The Balaban J connectivity index is 1.73. The van der Waals surface area contributed by atoms with Gasteiger partial charge in [0.2, 0.25) is 0 Å². The van der Waals surface area contributed by atoms with Crippen LogP contribution in [0.2, 0.25) is 0 Å². The number of anilines is 1. The summed E-state index contributed by atoms with van der Waals surface area (Å²) in [5, 5.41) is 4.29. The fourth-order valence-electron chi connectivity index (χ4n) is 2.48. The van der Waals surface area contributed by atoms with Crippen molar-refractivity contribution in [2.24, 2.45) is 0 Å². The monoisotopic (exact) mass is 388 g/mol. The molecule has 0 saturated heterocycles. The zero-order chi connectivity index (χ0) is 20.5. The number of halogens is 3. The first-order valence-corrected chi connectivity index (χ1v) is 8.18. The summed E-state index contributed by atoms with van der Waals surface area (Å²) in [4.78, 5) is 32.9. The predicted molar refractivity (Wildman–Crippen MR) is 96.9 cm³/mol. The molecular formula is C19H15F3N4O2. The highest BCUT2D eigenvalue weighted by atomic mass is 19.4. The van der Waals surface area contributed by atoms with Crippen molar-refractivity contribution in [3.63, 3.8) is 0 Å². The molecule has 144 valence electrons. The maximum Gasteiger partial charge on any atom is 0.416 e. The van der Waals surface area contributed by atoms with E-state index in [1.165, 1.54) is 18.2 Å². The smallest absolute Gasteiger partial charge is 0.308 e. The van der Waals surface area contributed by atoms with Gasteiger partial charge >= 0.3 is 12.2 Å². The molecule has 1 heterocycles. The normalized spacial score (nSPS) is 11.3. The molecule has 2 aromatic carbocycles. The molecule has 1 aromatic heterocycles. The summed E-state index contributed by atoms with van der Waals surface area (Å²) < 4.78 is 38.2. The van der Waals surface area contributed by atoms with Crippen molar-refractivity contribution in [3.05, 3.63) is 65.0 Å². The topological polar surface area (TPSA) is 84.0 Å². The summed E-state index contributed by atoms with van der Waals surface area (Å²) in [5.74, 6) is -0.716. The molecule has 6 nitrogen and oxygen atoms in total. The number of fused-ring (bicyclic) bond motifs is 1. The Morgan fingerprint density at radius 1 is 0.929 bits per heavy atom. The van der Waals surface area contributed by atoms with Crippen LogP contribution in [0.5, 0.6) is 0 Å². The van der Waals surface area contributed by atoms with Crippen LogP contribution in [0, 0.1) is 13.8 Å². The van der Waals surface area contributed by atoms with E-state index in [0.29, 0.717) is 16.7 Å². The summed E-state index contributed by atoms with van der Waals surface area (Å²) in [6, 6.07) is 7.74. The number of alkyl halides is 3. The second-order valence-electron chi connectivity index (χ2n) is 6.08. The lowest BCUT2D eigenvalue weighted by Gasteiger charge is -2.10. The van der Waals surface area contributed by atoms with Crippen LogP contribution in [0.25, 0.3) is 11.0 Å². The van der Waals surface area contributed by atoms with E-state index in [4.69, 9.17) is 0 Å². The quantitative estimate of drug-likeness (QED) is 0.688. The fourth-order valence-corrected chi connectivity index (χ4v) is 2.48. The van der Waals surface area contributed by atoms with Crippen molar-refractivity contribution >= 4 is 28.7 Å². The van der Waals surface area contributed by atoms with Crippen molar-refractivity contribution < 1.29 is 22.8 Å². The number of aromatic nitrogens is 2. The van der Waals surface area contributed by atoms with Gasteiger partial charge in [-0.1, -0.05) is 6.07 Å². The van der Waals surface area contributed by atoms with Gasteiger partial charge in [-0.15, -0.1) is 0 Å². The zero-order valence-electron chi connectivity index (χ0n) is 14.9. The van der Waals surface area contributed by atoms with Gasteiger partial charge in [0.1, 0.15) is 0 Å². The van der Waals surface area contributed by atoms with Gasteiger partial charge in [0.15, 0.2) is 0 Å². The number of nitrogens with zero attached hydrogens (tertiary/aromatic N) is 2. The summed E-state index contributed by atoms with van der Waals surface area (Å²) in [5.41, 5.74) is 1.76. The SMILES string of the molecule is Cc1nc2ccc(C(=O)NC(=O)Nc3cccc(C(F)(F)F)c3)cc2nc1C. The average molecular weight is 388 g/mol. The van der Waals surface area contributed by atoms with Crippen molar-refractivity contribution in [3.8, 4) is 0 Å². The number of carbonyl (C=O) groups excluding carboxylic acids is 2. The number of amides is 3. The van der Waals surface area contributed by atoms with Gasteiger partial charge in [-0.2, -0.15) is 13.2 Å². The molecule has 0 fully saturated rings. The van der Waals surface area contributed by atoms with Crippen LogP contribution in [0.15, 0.2) is 42.5 Å². The van der Waals surface area contributed by atoms with Gasteiger partial charge in [-0.3, -0.25) is 10.1 Å². The fraction of sp³-hybridized carbons (Fsp3) is 0.158. The third-order valence-electron chi connectivity index (χ3n) is 4.01. The summed E-state index contributed by atoms with van der Waals surface area (Å²) in [7, 11) is 0. The molecule has 0 unspecified atom stereocenters.